The maximum Gasteiger partial charge on any atom is 0.185 e. The van der Waals surface area contributed by atoms with Gasteiger partial charge in [0.05, 0.1) is 0 Å². The summed E-state index contributed by atoms with van der Waals surface area (Å²) in [4.78, 5) is 0. The maximum absolute atomic E-state index is 6.75. The fraction of sp³-hybridized carbons (Fsp3) is 0.0400. The van der Waals surface area contributed by atoms with Crippen LogP contribution in [0.15, 0.2) is 91.0 Å². The quantitative estimate of drug-likeness (QED) is 0.371. The molecule has 6 rings (SSSR count). The first-order valence-electron chi connectivity index (χ1n) is 9.12. The van der Waals surface area contributed by atoms with Gasteiger partial charge in [0.1, 0.15) is 17.2 Å². The first-order valence-corrected chi connectivity index (χ1v) is 9.12. The number of fused-ring (bicyclic) bond motifs is 7. The second kappa shape index (κ2) is 5.24. The van der Waals surface area contributed by atoms with E-state index in [1.807, 2.05) is 36.4 Å². The fourth-order valence-corrected chi connectivity index (χ4v) is 4.22. The molecular weight excluding hydrogens is 332 g/mol. The molecule has 2 aliphatic heterocycles. The zero-order chi connectivity index (χ0) is 17.8. The summed E-state index contributed by atoms with van der Waals surface area (Å²) < 4.78 is 12.9. The molecule has 0 bridgehead atoms. The Labute approximate surface area is 157 Å². The van der Waals surface area contributed by atoms with E-state index in [0.717, 1.165) is 33.9 Å². The van der Waals surface area contributed by atoms with Crippen LogP contribution in [0.5, 0.6) is 17.2 Å². The van der Waals surface area contributed by atoms with Crippen LogP contribution in [0.1, 0.15) is 16.7 Å². The predicted molar refractivity (Wildman–Crippen MR) is 107 cm³/mol. The second-order valence-electron chi connectivity index (χ2n) is 6.96. The van der Waals surface area contributed by atoms with Crippen molar-refractivity contribution in [3.63, 3.8) is 0 Å². The molecule has 128 valence electrons. The van der Waals surface area contributed by atoms with Crippen LogP contribution in [0.3, 0.4) is 0 Å². The van der Waals surface area contributed by atoms with Gasteiger partial charge in [0, 0.05) is 16.7 Å². The van der Waals surface area contributed by atoms with Gasteiger partial charge in [-0.1, -0.05) is 66.7 Å². The zero-order valence-corrected chi connectivity index (χ0v) is 14.6. The molecule has 2 heteroatoms. The van der Waals surface area contributed by atoms with Gasteiger partial charge < -0.3 is 9.47 Å². The minimum absolute atomic E-state index is 0.680. The van der Waals surface area contributed by atoms with E-state index in [4.69, 9.17) is 9.47 Å². The summed E-state index contributed by atoms with van der Waals surface area (Å²) in [6.07, 6.45) is 4.36. The molecule has 0 aliphatic carbocycles. The van der Waals surface area contributed by atoms with Crippen LogP contribution in [0.25, 0.3) is 16.8 Å². The second-order valence-corrected chi connectivity index (χ2v) is 6.96. The molecule has 4 aromatic carbocycles. The van der Waals surface area contributed by atoms with E-state index < -0.39 is 5.60 Å². The molecule has 2 nitrogen and oxygen atoms in total. The highest BCUT2D eigenvalue weighted by Crippen LogP contribution is 2.52. The van der Waals surface area contributed by atoms with Crippen molar-refractivity contribution < 1.29 is 9.47 Å². The highest BCUT2D eigenvalue weighted by atomic mass is 16.5. The van der Waals surface area contributed by atoms with E-state index in [-0.39, 0.29) is 0 Å². The zero-order valence-electron chi connectivity index (χ0n) is 14.6. The van der Waals surface area contributed by atoms with Crippen molar-refractivity contribution in [1.82, 2.24) is 0 Å². The monoisotopic (exact) mass is 348 g/mol. The van der Waals surface area contributed by atoms with E-state index in [1.165, 1.54) is 10.8 Å². The maximum atomic E-state index is 6.75. The van der Waals surface area contributed by atoms with Crippen LogP contribution < -0.4 is 9.47 Å². The van der Waals surface area contributed by atoms with Crippen LogP contribution >= 0.6 is 0 Å². The Balaban J connectivity index is 1.64. The third-order valence-corrected chi connectivity index (χ3v) is 5.48. The molecule has 0 fully saturated rings. The van der Waals surface area contributed by atoms with Crippen molar-refractivity contribution >= 4 is 16.8 Å². The number of hydrogen-bond donors (Lipinski definition) is 0. The first-order chi connectivity index (χ1) is 13.4. The summed E-state index contributed by atoms with van der Waals surface area (Å²) in [7, 11) is 0. The molecular formula is C25H16O2. The van der Waals surface area contributed by atoms with E-state index in [9.17, 15) is 0 Å². The van der Waals surface area contributed by atoms with Crippen LogP contribution in [0, 0.1) is 0 Å². The van der Waals surface area contributed by atoms with Gasteiger partial charge in [0.15, 0.2) is 5.60 Å². The van der Waals surface area contributed by atoms with Gasteiger partial charge in [0.2, 0.25) is 0 Å². The standard InChI is InChI=1S/C25H16O2/c1-2-8-18-17(7-1)13-14-22-19(18)15-16-25(27-22)20-9-3-5-11-23(20)26-24-12-6-4-10-21(24)25/h1-16H. The smallest absolute Gasteiger partial charge is 0.185 e. The largest absolute Gasteiger partial charge is 0.473 e. The molecule has 1 spiro atoms. The average molecular weight is 348 g/mol. The number of rotatable bonds is 0. The van der Waals surface area contributed by atoms with Crippen molar-refractivity contribution in [3.05, 3.63) is 108 Å². The number of ether oxygens (including phenoxy) is 2. The van der Waals surface area contributed by atoms with Gasteiger partial charge in [-0.3, -0.25) is 0 Å². The van der Waals surface area contributed by atoms with Crippen molar-refractivity contribution in [2.45, 2.75) is 5.60 Å². The summed E-state index contributed by atoms with van der Waals surface area (Å²) in [5.41, 5.74) is 2.50. The van der Waals surface area contributed by atoms with Crippen LogP contribution in [0.2, 0.25) is 0 Å². The minimum atomic E-state index is -0.680. The summed E-state index contributed by atoms with van der Waals surface area (Å²) in [6, 6.07) is 28.8. The SMILES string of the molecule is C1=CC2(Oc3ccc4ccccc4c31)c1ccccc1Oc1ccccc12. The number of para-hydroxylation sites is 2. The molecule has 0 saturated carbocycles. The molecule has 0 N–H and O–H groups in total. The topological polar surface area (TPSA) is 18.5 Å². The van der Waals surface area contributed by atoms with E-state index in [1.54, 1.807) is 0 Å². The van der Waals surface area contributed by atoms with Gasteiger partial charge in [-0.15, -0.1) is 0 Å². The highest BCUT2D eigenvalue weighted by Gasteiger charge is 2.44. The molecule has 0 unspecified atom stereocenters. The van der Waals surface area contributed by atoms with Crippen LogP contribution in [-0.4, -0.2) is 0 Å². The molecule has 27 heavy (non-hydrogen) atoms. The lowest BCUT2D eigenvalue weighted by atomic mass is 9.81. The summed E-state index contributed by atoms with van der Waals surface area (Å²) in [5.74, 6) is 2.57. The molecule has 2 heterocycles. The Hall–Kier alpha value is -3.52. The summed E-state index contributed by atoms with van der Waals surface area (Å²) in [5, 5.41) is 2.42. The van der Waals surface area contributed by atoms with Crippen molar-refractivity contribution in [1.29, 1.82) is 0 Å². The number of hydrogen-bond acceptors (Lipinski definition) is 2. The normalized spacial score (nSPS) is 15.4. The van der Waals surface area contributed by atoms with Gasteiger partial charge in [-0.05, 0) is 41.1 Å². The van der Waals surface area contributed by atoms with E-state index in [0.29, 0.717) is 0 Å². The highest BCUT2D eigenvalue weighted by molar-refractivity contribution is 5.94. The first kappa shape index (κ1) is 14.6. The summed E-state index contributed by atoms with van der Waals surface area (Å²) >= 11 is 0. The summed E-state index contributed by atoms with van der Waals surface area (Å²) in [6.45, 7) is 0. The Morgan fingerprint density at radius 3 is 2.04 bits per heavy atom. The number of benzene rings is 4. The van der Waals surface area contributed by atoms with Crippen molar-refractivity contribution in [2.24, 2.45) is 0 Å². The molecule has 0 atom stereocenters. The van der Waals surface area contributed by atoms with E-state index in [2.05, 4.69) is 60.7 Å². The Morgan fingerprint density at radius 2 is 1.26 bits per heavy atom. The Morgan fingerprint density at radius 1 is 0.593 bits per heavy atom. The lowest BCUT2D eigenvalue weighted by Gasteiger charge is -2.40. The third-order valence-electron chi connectivity index (χ3n) is 5.48. The van der Waals surface area contributed by atoms with Gasteiger partial charge in [0.25, 0.3) is 0 Å². The van der Waals surface area contributed by atoms with Crippen LogP contribution in [-0.2, 0) is 5.60 Å². The molecule has 0 saturated heterocycles. The third kappa shape index (κ3) is 1.95. The van der Waals surface area contributed by atoms with Crippen molar-refractivity contribution in [3.8, 4) is 17.2 Å². The lowest BCUT2D eigenvalue weighted by molar-refractivity contribution is 0.146. The van der Waals surface area contributed by atoms with Crippen LogP contribution in [0.4, 0.5) is 0 Å². The molecule has 2 aliphatic rings. The molecule has 0 radical (unpaired) electrons. The van der Waals surface area contributed by atoms with Gasteiger partial charge >= 0.3 is 0 Å². The molecule has 0 amide bonds. The predicted octanol–water partition coefficient (Wildman–Crippen LogP) is 6.29. The minimum Gasteiger partial charge on any atom is -0.473 e. The molecule has 0 aromatic heterocycles. The van der Waals surface area contributed by atoms with E-state index >= 15 is 0 Å². The molecule has 4 aromatic rings. The fourth-order valence-electron chi connectivity index (χ4n) is 4.22. The van der Waals surface area contributed by atoms with Gasteiger partial charge in [-0.2, -0.15) is 0 Å². The average Bonchev–Trinajstić information content (AvgIpc) is 2.74. The van der Waals surface area contributed by atoms with Crippen molar-refractivity contribution in [2.75, 3.05) is 0 Å². The Kier molecular flexibility index (Phi) is 2.84. The Bertz CT molecular complexity index is 1190. The van der Waals surface area contributed by atoms with Gasteiger partial charge in [-0.25, -0.2) is 0 Å². The lowest BCUT2D eigenvalue weighted by Crippen LogP contribution is -2.37.